The molecule has 0 spiro atoms. The minimum atomic E-state index is -0.251. The highest BCUT2D eigenvalue weighted by Crippen LogP contribution is 1.91. The summed E-state index contributed by atoms with van der Waals surface area (Å²) in [6.45, 7) is 0.703. The molecule has 0 radical (unpaired) electrons. The number of likely N-dealkylation sites (N-methyl/N-ethyl adjacent to an activating group) is 1. The quantitative estimate of drug-likeness (QED) is 0.560. The van der Waals surface area contributed by atoms with Crippen molar-refractivity contribution in [3.05, 3.63) is 0 Å². The summed E-state index contributed by atoms with van der Waals surface area (Å²) >= 11 is 0. The molecule has 0 aliphatic carbocycles. The first kappa shape index (κ1) is 10.4. The van der Waals surface area contributed by atoms with Gasteiger partial charge >= 0.3 is 5.97 Å². The highest BCUT2D eigenvalue weighted by Gasteiger charge is 2.09. The molecule has 2 N–H and O–H groups in total. The monoisotopic (exact) mass is 160 g/mol. The number of carbonyl (C=O) groups is 1. The van der Waals surface area contributed by atoms with E-state index in [2.05, 4.69) is 4.74 Å². The van der Waals surface area contributed by atoms with E-state index in [1.165, 1.54) is 7.11 Å². The molecule has 4 heteroatoms. The lowest BCUT2D eigenvalue weighted by Gasteiger charge is -2.15. The maximum atomic E-state index is 10.7. The summed E-state index contributed by atoms with van der Waals surface area (Å²) in [6, 6.07) is -0.127. The van der Waals surface area contributed by atoms with E-state index in [9.17, 15) is 4.79 Å². The lowest BCUT2D eigenvalue weighted by molar-refractivity contribution is -0.141. The number of esters is 1. The molecule has 0 aromatic carbocycles. The van der Waals surface area contributed by atoms with E-state index >= 15 is 0 Å². The van der Waals surface area contributed by atoms with Gasteiger partial charge in [0.2, 0.25) is 0 Å². The third kappa shape index (κ3) is 5.82. The smallest absolute Gasteiger partial charge is 0.307 e. The summed E-state index contributed by atoms with van der Waals surface area (Å²) < 4.78 is 4.46. The molecule has 0 aromatic rings. The summed E-state index contributed by atoms with van der Waals surface area (Å²) in [5, 5.41) is 0. The average molecular weight is 160 g/mol. The number of hydrogen-bond acceptors (Lipinski definition) is 4. The van der Waals surface area contributed by atoms with E-state index in [0.29, 0.717) is 6.54 Å². The molecule has 1 atom stereocenters. The molecule has 0 aliphatic rings. The van der Waals surface area contributed by atoms with Crippen molar-refractivity contribution in [2.24, 2.45) is 5.73 Å². The molecule has 0 rings (SSSR count). The molecular formula is C7H16N2O2. The summed E-state index contributed by atoms with van der Waals surface area (Å²) in [5.41, 5.74) is 5.61. The fourth-order valence-electron chi connectivity index (χ4n) is 0.831. The van der Waals surface area contributed by atoms with Gasteiger partial charge in [-0.2, -0.15) is 0 Å². The molecule has 0 amide bonds. The van der Waals surface area contributed by atoms with Gasteiger partial charge < -0.3 is 15.4 Å². The van der Waals surface area contributed by atoms with Crippen molar-refractivity contribution in [3.8, 4) is 0 Å². The van der Waals surface area contributed by atoms with Crippen molar-refractivity contribution < 1.29 is 9.53 Å². The normalized spacial score (nSPS) is 13.2. The third-order valence-corrected chi connectivity index (χ3v) is 1.26. The molecule has 0 aromatic heterocycles. The molecule has 0 unspecified atom stereocenters. The average Bonchev–Trinajstić information content (AvgIpc) is 1.85. The van der Waals surface area contributed by atoms with Gasteiger partial charge in [-0.15, -0.1) is 0 Å². The molecule has 4 nitrogen and oxygen atoms in total. The number of ether oxygens (including phenoxy) is 1. The summed E-state index contributed by atoms with van der Waals surface area (Å²) in [5.74, 6) is -0.251. The van der Waals surface area contributed by atoms with E-state index in [0.717, 1.165) is 0 Å². The lowest BCUT2D eigenvalue weighted by Crippen LogP contribution is -2.35. The predicted molar refractivity (Wildman–Crippen MR) is 43.2 cm³/mol. The van der Waals surface area contributed by atoms with Gasteiger partial charge in [0.25, 0.3) is 0 Å². The minimum Gasteiger partial charge on any atom is -0.469 e. The van der Waals surface area contributed by atoms with Gasteiger partial charge in [0.1, 0.15) is 0 Å². The molecule has 0 saturated carbocycles. The number of hydrogen-bond donors (Lipinski definition) is 1. The van der Waals surface area contributed by atoms with Crippen molar-refractivity contribution in [1.29, 1.82) is 0 Å². The summed E-state index contributed by atoms with van der Waals surface area (Å²) in [7, 11) is 5.19. The van der Waals surface area contributed by atoms with Crippen LogP contribution in [0.25, 0.3) is 0 Å². The maximum Gasteiger partial charge on any atom is 0.307 e. The van der Waals surface area contributed by atoms with Gasteiger partial charge in [0.05, 0.1) is 13.5 Å². The Morgan fingerprint density at radius 1 is 1.64 bits per heavy atom. The Balaban J connectivity index is 3.51. The second kappa shape index (κ2) is 5.09. The first-order valence-corrected chi connectivity index (χ1v) is 3.53. The molecule has 66 valence electrons. The molecule has 0 bridgehead atoms. The van der Waals surface area contributed by atoms with Crippen LogP contribution in [0.5, 0.6) is 0 Å². The topological polar surface area (TPSA) is 55.6 Å². The Kier molecular flexibility index (Phi) is 4.81. The highest BCUT2D eigenvalue weighted by molar-refractivity contribution is 5.69. The second-order valence-electron chi connectivity index (χ2n) is 2.80. The van der Waals surface area contributed by atoms with E-state index in [4.69, 9.17) is 5.73 Å². The summed E-state index contributed by atoms with van der Waals surface area (Å²) in [4.78, 5) is 12.6. The Labute approximate surface area is 67.3 Å². The van der Waals surface area contributed by atoms with Crippen molar-refractivity contribution in [2.75, 3.05) is 27.7 Å². The second-order valence-corrected chi connectivity index (χ2v) is 2.80. The van der Waals surface area contributed by atoms with Crippen molar-refractivity contribution in [2.45, 2.75) is 12.5 Å². The van der Waals surface area contributed by atoms with Crippen LogP contribution in [0.3, 0.4) is 0 Å². The van der Waals surface area contributed by atoms with Gasteiger partial charge in [-0.1, -0.05) is 0 Å². The predicted octanol–water partition coefficient (Wildman–Crippen LogP) is -0.562. The Hall–Kier alpha value is -0.610. The van der Waals surface area contributed by atoms with Gasteiger partial charge in [-0.05, 0) is 14.1 Å². The van der Waals surface area contributed by atoms with Crippen LogP contribution in [-0.2, 0) is 9.53 Å². The van der Waals surface area contributed by atoms with E-state index in [1.807, 2.05) is 19.0 Å². The van der Waals surface area contributed by atoms with E-state index < -0.39 is 0 Å². The zero-order valence-electron chi connectivity index (χ0n) is 7.33. The van der Waals surface area contributed by atoms with Crippen LogP contribution in [0.1, 0.15) is 6.42 Å². The van der Waals surface area contributed by atoms with Gasteiger partial charge in [0, 0.05) is 12.6 Å². The number of rotatable bonds is 4. The van der Waals surface area contributed by atoms with Crippen LogP contribution >= 0.6 is 0 Å². The minimum absolute atomic E-state index is 0.127. The van der Waals surface area contributed by atoms with Gasteiger partial charge in [-0.25, -0.2) is 0 Å². The molecular weight excluding hydrogens is 144 g/mol. The molecule has 0 fully saturated rings. The van der Waals surface area contributed by atoms with E-state index in [-0.39, 0.29) is 18.4 Å². The standard InChI is InChI=1S/C7H16N2O2/c1-9(2)5-6(8)4-7(10)11-3/h6H,4-5,8H2,1-3H3/t6-/m1/s1. The lowest BCUT2D eigenvalue weighted by atomic mass is 10.2. The first-order valence-electron chi connectivity index (χ1n) is 3.53. The Morgan fingerprint density at radius 2 is 2.18 bits per heavy atom. The largest absolute Gasteiger partial charge is 0.469 e. The molecule has 0 saturated heterocycles. The van der Waals surface area contributed by atoms with E-state index in [1.54, 1.807) is 0 Å². The fraction of sp³-hybridized carbons (Fsp3) is 0.857. The van der Waals surface area contributed by atoms with Crippen LogP contribution in [0.4, 0.5) is 0 Å². The maximum absolute atomic E-state index is 10.7. The molecule has 0 aliphatic heterocycles. The number of nitrogens with two attached hydrogens (primary N) is 1. The van der Waals surface area contributed by atoms with Crippen molar-refractivity contribution >= 4 is 5.97 Å². The fourth-order valence-corrected chi connectivity index (χ4v) is 0.831. The van der Waals surface area contributed by atoms with Crippen molar-refractivity contribution in [1.82, 2.24) is 4.90 Å². The number of methoxy groups -OCH3 is 1. The van der Waals surface area contributed by atoms with Crippen LogP contribution < -0.4 is 5.73 Å². The number of carbonyl (C=O) groups excluding carboxylic acids is 1. The third-order valence-electron chi connectivity index (χ3n) is 1.26. The van der Waals surface area contributed by atoms with Crippen LogP contribution in [0, 0.1) is 0 Å². The van der Waals surface area contributed by atoms with Crippen LogP contribution in [0.15, 0.2) is 0 Å². The van der Waals surface area contributed by atoms with Gasteiger partial charge in [-0.3, -0.25) is 4.79 Å². The molecule has 11 heavy (non-hydrogen) atoms. The first-order chi connectivity index (χ1) is 5.06. The zero-order valence-corrected chi connectivity index (χ0v) is 7.33. The summed E-state index contributed by atoms with van der Waals surface area (Å²) in [6.07, 6.45) is 0.286. The Morgan fingerprint density at radius 3 is 2.55 bits per heavy atom. The van der Waals surface area contributed by atoms with Crippen molar-refractivity contribution in [3.63, 3.8) is 0 Å². The Bertz CT molecular complexity index is 126. The van der Waals surface area contributed by atoms with Crippen LogP contribution in [0.2, 0.25) is 0 Å². The molecule has 0 heterocycles. The highest BCUT2D eigenvalue weighted by atomic mass is 16.5. The van der Waals surface area contributed by atoms with Crippen LogP contribution in [-0.4, -0.2) is 44.7 Å². The number of nitrogens with zero attached hydrogens (tertiary/aromatic N) is 1. The zero-order chi connectivity index (χ0) is 8.85. The SMILES string of the molecule is COC(=O)C[C@@H](N)CN(C)C. The van der Waals surface area contributed by atoms with Gasteiger partial charge in [0.15, 0.2) is 0 Å².